The number of anilines is 1. The van der Waals surface area contributed by atoms with Crippen LogP contribution in [0.1, 0.15) is 6.92 Å². The van der Waals surface area contributed by atoms with Gasteiger partial charge in [0, 0.05) is 37.9 Å². The van der Waals surface area contributed by atoms with Gasteiger partial charge in [0.15, 0.2) is 11.5 Å². The van der Waals surface area contributed by atoms with E-state index in [9.17, 15) is 13.2 Å². The topological polar surface area (TPSA) is 97.4 Å². The zero-order chi connectivity index (χ0) is 23.3. The minimum atomic E-state index is -3.92. The Labute approximate surface area is 188 Å². The van der Waals surface area contributed by atoms with E-state index in [1.54, 1.807) is 18.9 Å². The first-order valence-electron chi connectivity index (χ1n) is 10.2. The van der Waals surface area contributed by atoms with Crippen LogP contribution in [0.15, 0.2) is 47.4 Å². The van der Waals surface area contributed by atoms with E-state index in [-0.39, 0.29) is 10.8 Å². The van der Waals surface area contributed by atoms with E-state index < -0.39 is 16.1 Å². The Morgan fingerprint density at radius 3 is 2.09 bits per heavy atom. The van der Waals surface area contributed by atoms with Crippen LogP contribution in [0.3, 0.4) is 0 Å². The zero-order valence-electron chi connectivity index (χ0n) is 18.7. The van der Waals surface area contributed by atoms with Crippen molar-refractivity contribution in [3.8, 4) is 17.2 Å². The number of carbonyl (C=O) groups excluding carboxylic acids is 1. The van der Waals surface area contributed by atoms with Crippen molar-refractivity contribution >= 4 is 21.6 Å². The van der Waals surface area contributed by atoms with Gasteiger partial charge >= 0.3 is 0 Å². The molecule has 0 aliphatic carbocycles. The normalized spacial score (nSPS) is 15.2. The molecule has 1 aliphatic heterocycles. The molecule has 32 heavy (non-hydrogen) atoms. The molecule has 10 heteroatoms. The van der Waals surface area contributed by atoms with Gasteiger partial charge in [0.25, 0.3) is 0 Å². The van der Waals surface area contributed by atoms with Crippen molar-refractivity contribution in [1.82, 2.24) is 9.62 Å². The molecule has 1 N–H and O–H groups in total. The second-order valence-corrected chi connectivity index (χ2v) is 9.08. The SMILES string of the molecule is COc1ccc(N2CCN(C(=O)[C@@H](C)NS(=O)(=O)c3ccc(OC)c(OC)c3)CC2)cc1. The van der Waals surface area contributed by atoms with Crippen LogP contribution in [-0.2, 0) is 14.8 Å². The Hall–Kier alpha value is -2.98. The van der Waals surface area contributed by atoms with Crippen LogP contribution in [-0.4, -0.2) is 72.8 Å². The van der Waals surface area contributed by atoms with E-state index in [0.29, 0.717) is 37.7 Å². The number of nitrogens with one attached hydrogen (secondary N) is 1. The van der Waals surface area contributed by atoms with Crippen LogP contribution >= 0.6 is 0 Å². The summed E-state index contributed by atoms with van der Waals surface area (Å²) in [6.07, 6.45) is 0. The molecular formula is C22H29N3O6S. The predicted molar refractivity (Wildman–Crippen MR) is 121 cm³/mol. The molecule has 1 heterocycles. The maximum absolute atomic E-state index is 12.9. The number of rotatable bonds is 8. The fraction of sp³-hybridized carbons (Fsp3) is 0.409. The zero-order valence-corrected chi connectivity index (χ0v) is 19.5. The number of ether oxygens (including phenoxy) is 3. The quantitative estimate of drug-likeness (QED) is 0.637. The minimum Gasteiger partial charge on any atom is -0.497 e. The highest BCUT2D eigenvalue weighted by atomic mass is 32.2. The molecule has 1 atom stereocenters. The van der Waals surface area contributed by atoms with E-state index in [2.05, 4.69) is 9.62 Å². The van der Waals surface area contributed by atoms with Gasteiger partial charge in [-0.15, -0.1) is 0 Å². The van der Waals surface area contributed by atoms with E-state index in [1.165, 1.54) is 32.4 Å². The largest absolute Gasteiger partial charge is 0.497 e. The smallest absolute Gasteiger partial charge is 0.241 e. The molecule has 0 bridgehead atoms. The molecule has 0 unspecified atom stereocenters. The van der Waals surface area contributed by atoms with Crippen LogP contribution in [0.4, 0.5) is 5.69 Å². The Balaban J connectivity index is 1.61. The summed E-state index contributed by atoms with van der Waals surface area (Å²) >= 11 is 0. The minimum absolute atomic E-state index is 0.000810. The van der Waals surface area contributed by atoms with Gasteiger partial charge in [-0.2, -0.15) is 4.72 Å². The fourth-order valence-corrected chi connectivity index (χ4v) is 4.80. The number of piperazine rings is 1. The van der Waals surface area contributed by atoms with Crippen molar-refractivity contribution in [2.75, 3.05) is 52.4 Å². The molecule has 2 aromatic carbocycles. The maximum Gasteiger partial charge on any atom is 0.241 e. The van der Waals surface area contributed by atoms with E-state index in [1.807, 2.05) is 24.3 Å². The third-order valence-electron chi connectivity index (χ3n) is 5.40. The van der Waals surface area contributed by atoms with Gasteiger partial charge < -0.3 is 24.0 Å². The number of nitrogens with zero attached hydrogens (tertiary/aromatic N) is 2. The molecule has 1 fully saturated rings. The Kier molecular flexibility index (Phi) is 7.47. The number of carbonyl (C=O) groups is 1. The lowest BCUT2D eigenvalue weighted by Gasteiger charge is -2.37. The molecule has 1 amide bonds. The summed E-state index contributed by atoms with van der Waals surface area (Å²) < 4.78 is 43.6. The summed E-state index contributed by atoms with van der Waals surface area (Å²) in [5, 5.41) is 0. The molecule has 1 aliphatic rings. The summed E-state index contributed by atoms with van der Waals surface area (Å²) in [5.74, 6) is 1.25. The summed E-state index contributed by atoms with van der Waals surface area (Å²) in [6, 6.07) is 11.2. The van der Waals surface area contributed by atoms with Crippen molar-refractivity contribution in [3.05, 3.63) is 42.5 Å². The number of amides is 1. The van der Waals surface area contributed by atoms with Gasteiger partial charge in [0.2, 0.25) is 15.9 Å². The lowest BCUT2D eigenvalue weighted by atomic mass is 10.2. The van der Waals surface area contributed by atoms with Crippen molar-refractivity contribution in [2.45, 2.75) is 17.9 Å². The van der Waals surface area contributed by atoms with Gasteiger partial charge in [-0.25, -0.2) is 8.42 Å². The first-order chi connectivity index (χ1) is 15.3. The third kappa shape index (κ3) is 5.25. The maximum atomic E-state index is 12.9. The molecule has 9 nitrogen and oxygen atoms in total. The molecule has 1 saturated heterocycles. The third-order valence-corrected chi connectivity index (χ3v) is 6.93. The lowest BCUT2D eigenvalue weighted by molar-refractivity contribution is -0.132. The number of hydrogen-bond acceptors (Lipinski definition) is 7. The monoisotopic (exact) mass is 463 g/mol. The first kappa shape index (κ1) is 23.7. The number of benzene rings is 2. The Morgan fingerprint density at radius 2 is 1.53 bits per heavy atom. The van der Waals surface area contributed by atoms with Gasteiger partial charge in [0.05, 0.1) is 32.3 Å². The molecule has 0 saturated carbocycles. The average Bonchev–Trinajstić information content (AvgIpc) is 2.82. The fourth-order valence-electron chi connectivity index (χ4n) is 3.59. The number of hydrogen-bond donors (Lipinski definition) is 1. The van der Waals surface area contributed by atoms with Gasteiger partial charge in [-0.1, -0.05) is 0 Å². The Bertz CT molecular complexity index is 1030. The van der Waals surface area contributed by atoms with Crippen LogP contribution in [0.2, 0.25) is 0 Å². The van der Waals surface area contributed by atoms with Crippen molar-refractivity contribution in [3.63, 3.8) is 0 Å². The molecule has 174 valence electrons. The van der Waals surface area contributed by atoms with E-state index in [4.69, 9.17) is 14.2 Å². The summed E-state index contributed by atoms with van der Waals surface area (Å²) in [7, 11) is 0.610. The molecule has 0 aromatic heterocycles. The van der Waals surface area contributed by atoms with Crippen molar-refractivity contribution < 1.29 is 27.4 Å². The second kappa shape index (κ2) is 10.1. The van der Waals surface area contributed by atoms with E-state index >= 15 is 0 Å². The molecule has 0 radical (unpaired) electrons. The Morgan fingerprint density at radius 1 is 0.906 bits per heavy atom. The van der Waals surface area contributed by atoms with Gasteiger partial charge in [-0.05, 0) is 43.3 Å². The second-order valence-electron chi connectivity index (χ2n) is 7.37. The number of methoxy groups -OCH3 is 3. The summed E-state index contributed by atoms with van der Waals surface area (Å²) in [4.78, 5) is 16.7. The lowest BCUT2D eigenvalue weighted by Crippen LogP contribution is -2.54. The van der Waals surface area contributed by atoms with Crippen LogP contribution in [0.25, 0.3) is 0 Å². The summed E-state index contributed by atoms with van der Waals surface area (Å²) in [5.41, 5.74) is 1.06. The predicted octanol–water partition coefficient (Wildman–Crippen LogP) is 1.73. The van der Waals surface area contributed by atoms with Gasteiger partial charge in [0.1, 0.15) is 5.75 Å². The standard InChI is InChI=1S/C22H29N3O6S/c1-16(23-32(27,28)19-9-10-20(30-3)21(15-19)31-4)22(26)25-13-11-24(12-14-25)17-5-7-18(29-2)8-6-17/h5-10,15-16,23H,11-14H2,1-4H3/t16-/m1/s1. The molecular weight excluding hydrogens is 434 g/mol. The first-order valence-corrected chi connectivity index (χ1v) is 11.7. The highest BCUT2D eigenvalue weighted by Crippen LogP contribution is 2.29. The molecule has 0 spiro atoms. The number of sulfonamides is 1. The van der Waals surface area contributed by atoms with Crippen LogP contribution in [0.5, 0.6) is 17.2 Å². The van der Waals surface area contributed by atoms with Crippen molar-refractivity contribution in [1.29, 1.82) is 0 Å². The van der Waals surface area contributed by atoms with Gasteiger partial charge in [-0.3, -0.25) is 4.79 Å². The highest BCUT2D eigenvalue weighted by Gasteiger charge is 2.29. The molecule has 3 rings (SSSR count). The average molecular weight is 464 g/mol. The van der Waals surface area contributed by atoms with Crippen molar-refractivity contribution in [2.24, 2.45) is 0 Å². The highest BCUT2D eigenvalue weighted by molar-refractivity contribution is 7.89. The molecule has 2 aromatic rings. The van der Waals surface area contributed by atoms with Crippen LogP contribution in [0, 0.1) is 0 Å². The van der Waals surface area contributed by atoms with Crippen LogP contribution < -0.4 is 23.8 Å². The van der Waals surface area contributed by atoms with E-state index in [0.717, 1.165) is 11.4 Å². The summed E-state index contributed by atoms with van der Waals surface area (Å²) in [6.45, 7) is 3.89.